The maximum atomic E-state index is 6.55. The Morgan fingerprint density at radius 3 is 2.30 bits per heavy atom. The minimum atomic E-state index is -0.0724. The SMILES string of the molecule is COc1c(C)cc(C(Cl)Cc2cccc(Cl)c2)cc1C. The average molecular weight is 309 g/mol. The summed E-state index contributed by atoms with van der Waals surface area (Å²) in [6.45, 7) is 4.08. The number of halogens is 2. The van der Waals surface area contributed by atoms with E-state index in [0.29, 0.717) is 0 Å². The number of ether oxygens (including phenoxy) is 1. The van der Waals surface area contributed by atoms with Gasteiger partial charge in [0.25, 0.3) is 0 Å². The van der Waals surface area contributed by atoms with Crippen molar-refractivity contribution in [2.45, 2.75) is 25.6 Å². The number of benzene rings is 2. The van der Waals surface area contributed by atoms with E-state index in [-0.39, 0.29) is 5.38 Å². The second-order valence-electron chi connectivity index (χ2n) is 4.99. The first-order valence-corrected chi connectivity index (χ1v) is 7.36. The summed E-state index contributed by atoms with van der Waals surface area (Å²) in [4.78, 5) is 0. The molecule has 1 unspecified atom stereocenters. The van der Waals surface area contributed by atoms with Crippen LogP contribution in [0.2, 0.25) is 5.02 Å². The fourth-order valence-electron chi connectivity index (χ4n) is 2.48. The van der Waals surface area contributed by atoms with Gasteiger partial charge in [0.1, 0.15) is 5.75 Å². The molecule has 0 spiro atoms. The van der Waals surface area contributed by atoms with Crippen LogP contribution in [0.25, 0.3) is 0 Å². The highest BCUT2D eigenvalue weighted by molar-refractivity contribution is 6.30. The van der Waals surface area contributed by atoms with E-state index < -0.39 is 0 Å². The van der Waals surface area contributed by atoms with Crippen LogP contribution < -0.4 is 4.74 Å². The highest BCUT2D eigenvalue weighted by Gasteiger charge is 2.13. The summed E-state index contributed by atoms with van der Waals surface area (Å²) in [5.41, 5.74) is 4.48. The predicted octanol–water partition coefficient (Wildman–Crippen LogP) is 5.49. The minimum Gasteiger partial charge on any atom is -0.496 e. The molecule has 0 aromatic heterocycles. The fraction of sp³-hybridized carbons (Fsp3) is 0.294. The molecule has 1 atom stereocenters. The predicted molar refractivity (Wildman–Crippen MR) is 86.2 cm³/mol. The van der Waals surface area contributed by atoms with Gasteiger partial charge < -0.3 is 4.74 Å². The minimum absolute atomic E-state index is 0.0724. The smallest absolute Gasteiger partial charge is 0.124 e. The highest BCUT2D eigenvalue weighted by atomic mass is 35.5. The molecule has 0 saturated carbocycles. The van der Waals surface area contributed by atoms with Gasteiger partial charge in [0.15, 0.2) is 0 Å². The van der Waals surface area contributed by atoms with Crippen LogP contribution in [0.5, 0.6) is 5.75 Å². The first kappa shape index (κ1) is 15.2. The Morgan fingerprint density at radius 1 is 1.10 bits per heavy atom. The van der Waals surface area contributed by atoms with E-state index >= 15 is 0 Å². The van der Waals surface area contributed by atoms with Crippen molar-refractivity contribution in [3.05, 3.63) is 63.7 Å². The van der Waals surface area contributed by atoms with Crippen LogP contribution in [0.15, 0.2) is 36.4 Å². The van der Waals surface area contributed by atoms with Crippen LogP contribution in [-0.4, -0.2) is 7.11 Å². The van der Waals surface area contributed by atoms with Gasteiger partial charge in [-0.3, -0.25) is 0 Å². The lowest BCUT2D eigenvalue weighted by Crippen LogP contribution is -1.99. The molecule has 0 aliphatic heterocycles. The molecule has 0 N–H and O–H groups in total. The quantitative estimate of drug-likeness (QED) is 0.679. The second-order valence-corrected chi connectivity index (χ2v) is 5.95. The topological polar surface area (TPSA) is 9.23 Å². The van der Waals surface area contributed by atoms with Crippen LogP contribution in [0, 0.1) is 13.8 Å². The Hall–Kier alpha value is -1.18. The summed E-state index contributed by atoms with van der Waals surface area (Å²) in [6, 6.07) is 12.0. The van der Waals surface area contributed by atoms with Gasteiger partial charge in [0.05, 0.1) is 12.5 Å². The van der Waals surface area contributed by atoms with Gasteiger partial charge >= 0.3 is 0 Å². The normalized spacial score (nSPS) is 12.2. The zero-order valence-electron chi connectivity index (χ0n) is 11.9. The van der Waals surface area contributed by atoms with E-state index in [1.165, 1.54) is 0 Å². The monoisotopic (exact) mass is 308 g/mol. The Balaban J connectivity index is 2.23. The summed E-state index contributed by atoms with van der Waals surface area (Å²) in [7, 11) is 1.69. The molecule has 2 aromatic rings. The summed E-state index contributed by atoms with van der Waals surface area (Å²) in [6.07, 6.45) is 0.757. The third-order valence-corrected chi connectivity index (χ3v) is 3.99. The zero-order valence-corrected chi connectivity index (χ0v) is 13.4. The summed E-state index contributed by atoms with van der Waals surface area (Å²) in [5.74, 6) is 0.931. The van der Waals surface area contributed by atoms with Crippen molar-refractivity contribution in [1.82, 2.24) is 0 Å². The van der Waals surface area contributed by atoms with E-state index in [9.17, 15) is 0 Å². The molecule has 0 fully saturated rings. The van der Waals surface area contributed by atoms with Crippen molar-refractivity contribution in [1.29, 1.82) is 0 Å². The third kappa shape index (κ3) is 3.47. The molecule has 0 radical (unpaired) electrons. The van der Waals surface area contributed by atoms with Gasteiger partial charge in [-0.1, -0.05) is 35.9 Å². The molecule has 3 heteroatoms. The zero-order chi connectivity index (χ0) is 14.7. The maximum absolute atomic E-state index is 6.55. The molecule has 20 heavy (non-hydrogen) atoms. The first-order chi connectivity index (χ1) is 9.51. The van der Waals surface area contributed by atoms with Crippen molar-refractivity contribution < 1.29 is 4.74 Å². The largest absolute Gasteiger partial charge is 0.496 e. The van der Waals surface area contributed by atoms with Crippen molar-refractivity contribution in [3.63, 3.8) is 0 Å². The number of rotatable bonds is 4. The van der Waals surface area contributed by atoms with Gasteiger partial charge in [-0.05, 0) is 54.7 Å². The van der Waals surface area contributed by atoms with Gasteiger partial charge in [-0.25, -0.2) is 0 Å². The lowest BCUT2D eigenvalue weighted by atomic mass is 9.99. The molecule has 1 nitrogen and oxygen atoms in total. The molecule has 0 bridgehead atoms. The van der Waals surface area contributed by atoms with Crippen LogP contribution in [0.3, 0.4) is 0 Å². The number of hydrogen-bond acceptors (Lipinski definition) is 1. The number of aryl methyl sites for hydroxylation is 2. The average Bonchev–Trinajstić information content (AvgIpc) is 2.38. The number of methoxy groups -OCH3 is 1. The third-order valence-electron chi connectivity index (χ3n) is 3.35. The van der Waals surface area contributed by atoms with E-state index in [2.05, 4.69) is 12.1 Å². The van der Waals surface area contributed by atoms with Crippen LogP contribution in [-0.2, 0) is 6.42 Å². The summed E-state index contributed by atoms with van der Waals surface area (Å²) < 4.78 is 5.38. The van der Waals surface area contributed by atoms with Gasteiger partial charge in [-0.2, -0.15) is 0 Å². The molecular weight excluding hydrogens is 291 g/mol. The summed E-state index contributed by atoms with van der Waals surface area (Å²) >= 11 is 12.6. The maximum Gasteiger partial charge on any atom is 0.124 e. The van der Waals surface area contributed by atoms with E-state index in [1.54, 1.807) is 7.11 Å². The van der Waals surface area contributed by atoms with Crippen molar-refractivity contribution >= 4 is 23.2 Å². The molecule has 0 amide bonds. The lowest BCUT2D eigenvalue weighted by Gasteiger charge is -2.15. The lowest BCUT2D eigenvalue weighted by molar-refractivity contribution is 0.408. The van der Waals surface area contributed by atoms with E-state index in [1.807, 2.05) is 38.1 Å². The Bertz CT molecular complexity index is 585. The van der Waals surface area contributed by atoms with Gasteiger partial charge in [-0.15, -0.1) is 11.6 Å². The Labute approximate surface area is 130 Å². The Kier molecular flexibility index (Phi) is 4.95. The molecule has 0 heterocycles. The van der Waals surface area contributed by atoms with Crippen LogP contribution in [0.1, 0.15) is 27.6 Å². The van der Waals surface area contributed by atoms with Crippen molar-refractivity contribution in [3.8, 4) is 5.75 Å². The molecule has 2 rings (SSSR count). The van der Waals surface area contributed by atoms with Crippen LogP contribution >= 0.6 is 23.2 Å². The molecule has 106 valence electrons. The molecule has 0 aliphatic rings. The molecule has 0 aliphatic carbocycles. The Morgan fingerprint density at radius 2 is 1.75 bits per heavy atom. The number of alkyl halides is 1. The fourth-order valence-corrected chi connectivity index (χ4v) is 2.99. The van der Waals surface area contributed by atoms with E-state index in [4.69, 9.17) is 27.9 Å². The molecular formula is C17H18Cl2O. The van der Waals surface area contributed by atoms with Gasteiger partial charge in [0.2, 0.25) is 0 Å². The van der Waals surface area contributed by atoms with Crippen LogP contribution in [0.4, 0.5) is 0 Å². The van der Waals surface area contributed by atoms with Crippen molar-refractivity contribution in [2.24, 2.45) is 0 Å². The number of hydrogen-bond donors (Lipinski definition) is 0. The van der Waals surface area contributed by atoms with Crippen molar-refractivity contribution in [2.75, 3.05) is 7.11 Å². The molecule has 0 saturated heterocycles. The standard InChI is InChI=1S/C17H18Cl2O/c1-11-7-14(8-12(2)17(11)20-3)16(19)10-13-5-4-6-15(18)9-13/h4-9,16H,10H2,1-3H3. The summed E-state index contributed by atoms with van der Waals surface area (Å²) in [5, 5.41) is 0.672. The van der Waals surface area contributed by atoms with E-state index in [0.717, 1.165) is 39.4 Å². The highest BCUT2D eigenvalue weighted by Crippen LogP contribution is 2.32. The second kappa shape index (κ2) is 6.51. The van der Waals surface area contributed by atoms with Gasteiger partial charge in [0, 0.05) is 5.02 Å². The molecule has 2 aromatic carbocycles. The first-order valence-electron chi connectivity index (χ1n) is 6.55.